The Morgan fingerprint density at radius 2 is 1.88 bits per heavy atom. The molecule has 172 valence electrons. The predicted molar refractivity (Wildman–Crippen MR) is 109 cm³/mol. The average molecular weight is 471 g/mol. The average Bonchev–Trinajstić information content (AvgIpc) is 3.06. The van der Waals surface area contributed by atoms with Crippen molar-refractivity contribution < 1.29 is 31.1 Å². The lowest BCUT2D eigenvalue weighted by atomic mass is 10.3. The van der Waals surface area contributed by atoms with Gasteiger partial charge in [-0.3, -0.25) is 4.79 Å². The number of alkyl halides is 3. The third kappa shape index (κ3) is 4.52. The minimum absolute atomic E-state index is 0.0108. The number of amides is 1. The van der Waals surface area contributed by atoms with Gasteiger partial charge in [0.1, 0.15) is 22.0 Å². The molecule has 1 amide bonds. The molecule has 3 heterocycles. The lowest BCUT2D eigenvalue weighted by molar-refractivity contribution is -0.141. The summed E-state index contributed by atoms with van der Waals surface area (Å²) in [5.74, 6) is -0.497. The van der Waals surface area contributed by atoms with Crippen molar-refractivity contribution in [2.75, 3.05) is 26.5 Å². The monoisotopic (exact) mass is 471 g/mol. The Morgan fingerprint density at radius 1 is 1.19 bits per heavy atom. The maximum Gasteiger partial charge on any atom is 0.433 e. The standard InChI is InChI=1S/C19H20F3N5O4S/c1-5-32(29,30)14-6-11(31-10-16(28)26(2)3)8-24-17(14)18-25-12-7-15(19(20,21)22)23-9-13(12)27(18)4/h6-9H,5,10H2,1-4H3. The summed E-state index contributed by atoms with van der Waals surface area (Å²) < 4.78 is 71.3. The maximum absolute atomic E-state index is 13.0. The molecule has 32 heavy (non-hydrogen) atoms. The second-order valence-electron chi connectivity index (χ2n) is 7.05. The molecule has 3 rings (SSSR count). The number of sulfone groups is 1. The van der Waals surface area contributed by atoms with Gasteiger partial charge in [-0.25, -0.2) is 23.4 Å². The molecule has 0 spiro atoms. The molecule has 9 nitrogen and oxygen atoms in total. The number of aryl methyl sites for hydroxylation is 1. The van der Waals surface area contributed by atoms with E-state index < -0.39 is 21.7 Å². The molecule has 3 aromatic heterocycles. The van der Waals surface area contributed by atoms with Crippen molar-refractivity contribution in [2.24, 2.45) is 7.05 Å². The number of carbonyl (C=O) groups excluding carboxylic acids is 1. The van der Waals surface area contributed by atoms with Crippen LogP contribution in [-0.4, -0.2) is 65.2 Å². The molecule has 0 fully saturated rings. The van der Waals surface area contributed by atoms with Crippen molar-refractivity contribution in [1.29, 1.82) is 0 Å². The zero-order valence-corrected chi connectivity index (χ0v) is 18.5. The normalized spacial score (nSPS) is 12.2. The Bertz CT molecular complexity index is 1290. The largest absolute Gasteiger partial charge is 0.482 e. The van der Waals surface area contributed by atoms with E-state index >= 15 is 0 Å². The van der Waals surface area contributed by atoms with E-state index in [4.69, 9.17) is 4.74 Å². The molecule has 0 aliphatic rings. The molecule has 0 aromatic carbocycles. The van der Waals surface area contributed by atoms with Crippen LogP contribution in [0.5, 0.6) is 5.75 Å². The van der Waals surface area contributed by atoms with E-state index in [9.17, 15) is 26.4 Å². The van der Waals surface area contributed by atoms with Gasteiger partial charge in [-0.2, -0.15) is 13.2 Å². The van der Waals surface area contributed by atoms with Crippen LogP contribution in [0.2, 0.25) is 0 Å². The Kier molecular flexibility index (Phi) is 6.13. The molecule has 0 aliphatic heterocycles. The topological polar surface area (TPSA) is 107 Å². The van der Waals surface area contributed by atoms with E-state index in [2.05, 4.69) is 15.0 Å². The number of fused-ring (bicyclic) bond motifs is 1. The van der Waals surface area contributed by atoms with Gasteiger partial charge in [0.05, 0.1) is 29.2 Å². The van der Waals surface area contributed by atoms with E-state index in [-0.39, 0.29) is 51.5 Å². The van der Waals surface area contributed by atoms with Gasteiger partial charge in [-0.1, -0.05) is 6.92 Å². The number of pyridine rings is 2. The number of carbonyl (C=O) groups is 1. The van der Waals surface area contributed by atoms with Crippen molar-refractivity contribution in [3.8, 4) is 17.3 Å². The lowest BCUT2D eigenvalue weighted by Gasteiger charge is -2.13. The summed E-state index contributed by atoms with van der Waals surface area (Å²) in [6.07, 6.45) is -2.40. The number of nitrogens with zero attached hydrogens (tertiary/aromatic N) is 5. The molecule has 3 aromatic rings. The molecular weight excluding hydrogens is 451 g/mol. The van der Waals surface area contributed by atoms with Crippen LogP contribution in [-0.2, 0) is 27.9 Å². The second kappa shape index (κ2) is 8.37. The van der Waals surface area contributed by atoms with Gasteiger partial charge >= 0.3 is 6.18 Å². The van der Waals surface area contributed by atoms with E-state index in [0.29, 0.717) is 0 Å². The van der Waals surface area contributed by atoms with E-state index in [1.54, 1.807) is 14.1 Å². The number of likely N-dealkylation sites (N-methyl/N-ethyl adjacent to an activating group) is 1. The molecule has 0 radical (unpaired) electrons. The summed E-state index contributed by atoms with van der Waals surface area (Å²) in [7, 11) is 0.784. The molecule has 13 heteroatoms. The van der Waals surface area contributed by atoms with Crippen molar-refractivity contribution in [2.45, 2.75) is 18.0 Å². The third-order valence-corrected chi connectivity index (χ3v) is 6.41. The molecule has 0 saturated heterocycles. The van der Waals surface area contributed by atoms with Crippen LogP contribution in [0.15, 0.2) is 29.4 Å². The predicted octanol–water partition coefficient (Wildman–Crippen LogP) is 2.31. The van der Waals surface area contributed by atoms with Gasteiger partial charge in [-0.15, -0.1) is 0 Å². The minimum Gasteiger partial charge on any atom is -0.482 e. The summed E-state index contributed by atoms with van der Waals surface area (Å²) in [5, 5.41) is 0. The smallest absolute Gasteiger partial charge is 0.433 e. The van der Waals surface area contributed by atoms with Crippen LogP contribution in [0, 0.1) is 0 Å². The molecular formula is C19H20F3N5O4S. The fourth-order valence-electron chi connectivity index (χ4n) is 2.80. The summed E-state index contributed by atoms with van der Waals surface area (Å²) in [6, 6.07) is 2.01. The number of hydrogen-bond acceptors (Lipinski definition) is 7. The summed E-state index contributed by atoms with van der Waals surface area (Å²) in [6.45, 7) is 1.12. The SMILES string of the molecule is CCS(=O)(=O)c1cc(OCC(=O)N(C)C)cnc1-c1nc2cc(C(F)(F)F)ncc2n1C. The van der Waals surface area contributed by atoms with Gasteiger partial charge in [0.15, 0.2) is 22.3 Å². The van der Waals surface area contributed by atoms with Crippen LogP contribution in [0.25, 0.3) is 22.6 Å². The zero-order valence-electron chi connectivity index (χ0n) is 17.6. The molecule has 0 bridgehead atoms. The first-order valence-corrected chi connectivity index (χ1v) is 11.0. The Hall–Kier alpha value is -3.22. The minimum atomic E-state index is -4.65. The zero-order chi connectivity index (χ0) is 23.8. The van der Waals surface area contributed by atoms with E-state index in [1.807, 2.05) is 0 Å². The lowest BCUT2D eigenvalue weighted by Crippen LogP contribution is -2.27. The summed E-state index contributed by atoms with van der Waals surface area (Å²) in [4.78, 5) is 24.6. The fourth-order valence-corrected chi connectivity index (χ4v) is 3.84. The fraction of sp³-hybridized carbons (Fsp3) is 0.368. The molecule has 0 N–H and O–H groups in total. The third-order valence-electron chi connectivity index (χ3n) is 4.67. The van der Waals surface area contributed by atoms with E-state index in [0.717, 1.165) is 12.3 Å². The van der Waals surface area contributed by atoms with Crippen LogP contribution in [0.3, 0.4) is 0 Å². The van der Waals surface area contributed by atoms with Crippen molar-refractivity contribution in [3.05, 3.63) is 30.2 Å². The number of rotatable bonds is 6. The van der Waals surface area contributed by atoms with Crippen LogP contribution < -0.4 is 4.74 Å². The number of halogens is 3. The van der Waals surface area contributed by atoms with Crippen molar-refractivity contribution in [1.82, 2.24) is 24.4 Å². The maximum atomic E-state index is 13.0. The van der Waals surface area contributed by atoms with Crippen LogP contribution >= 0.6 is 0 Å². The number of imidazole rings is 1. The van der Waals surface area contributed by atoms with Gasteiger partial charge in [0.2, 0.25) is 0 Å². The Morgan fingerprint density at radius 3 is 2.47 bits per heavy atom. The Labute approximate surface area is 181 Å². The number of hydrogen-bond donors (Lipinski definition) is 0. The first-order chi connectivity index (χ1) is 14.8. The molecule has 0 unspecified atom stereocenters. The van der Waals surface area contributed by atoms with Gasteiger partial charge < -0.3 is 14.2 Å². The highest BCUT2D eigenvalue weighted by Gasteiger charge is 2.33. The van der Waals surface area contributed by atoms with Gasteiger partial charge in [0.25, 0.3) is 5.91 Å². The highest BCUT2D eigenvalue weighted by atomic mass is 32.2. The van der Waals surface area contributed by atoms with Crippen molar-refractivity contribution >= 4 is 26.8 Å². The highest BCUT2D eigenvalue weighted by Crippen LogP contribution is 2.33. The van der Waals surface area contributed by atoms with Gasteiger partial charge in [-0.05, 0) is 6.07 Å². The van der Waals surface area contributed by atoms with Gasteiger partial charge in [0, 0.05) is 27.2 Å². The van der Waals surface area contributed by atoms with Crippen LogP contribution in [0.1, 0.15) is 12.6 Å². The Balaban J connectivity index is 2.13. The first-order valence-electron chi connectivity index (χ1n) is 9.31. The number of ether oxygens (including phenoxy) is 1. The van der Waals surface area contributed by atoms with E-state index in [1.165, 1.54) is 35.7 Å². The van der Waals surface area contributed by atoms with Crippen molar-refractivity contribution in [3.63, 3.8) is 0 Å². The first kappa shape index (κ1) is 23.4. The molecule has 0 aliphatic carbocycles. The van der Waals surface area contributed by atoms with Crippen LogP contribution in [0.4, 0.5) is 13.2 Å². The molecule has 0 saturated carbocycles. The quantitative estimate of drug-likeness (QED) is 0.543. The highest BCUT2D eigenvalue weighted by molar-refractivity contribution is 7.91. The molecule has 0 atom stereocenters. The summed E-state index contributed by atoms with van der Waals surface area (Å²) >= 11 is 0. The summed E-state index contributed by atoms with van der Waals surface area (Å²) in [5.41, 5.74) is -0.904. The number of aromatic nitrogens is 4. The second-order valence-corrected chi connectivity index (χ2v) is 9.30.